The van der Waals surface area contributed by atoms with Crippen molar-refractivity contribution in [3.8, 4) is 5.75 Å². The van der Waals surface area contributed by atoms with E-state index < -0.39 is 5.97 Å². The van der Waals surface area contributed by atoms with E-state index in [-0.39, 0.29) is 11.8 Å². The number of methoxy groups -OCH3 is 1. The molecule has 1 aliphatic rings. The second kappa shape index (κ2) is 5.89. The number of rotatable bonds is 4. The Labute approximate surface area is 108 Å². The van der Waals surface area contributed by atoms with Crippen LogP contribution in [-0.2, 0) is 11.2 Å². The Kier molecular flexibility index (Phi) is 4.24. The molecule has 2 atom stereocenters. The number of aliphatic carboxylic acids is 1. The molecule has 2 unspecified atom stereocenters. The van der Waals surface area contributed by atoms with Gasteiger partial charge in [0, 0.05) is 0 Å². The molecule has 0 spiro atoms. The zero-order valence-corrected chi connectivity index (χ0v) is 10.8. The molecule has 3 heteroatoms. The molecule has 0 aliphatic heterocycles. The smallest absolute Gasteiger partial charge is 0.306 e. The minimum Gasteiger partial charge on any atom is -0.497 e. The van der Waals surface area contributed by atoms with Crippen LogP contribution in [0.4, 0.5) is 0 Å². The Morgan fingerprint density at radius 1 is 1.39 bits per heavy atom. The van der Waals surface area contributed by atoms with Gasteiger partial charge in [0.05, 0.1) is 13.0 Å². The van der Waals surface area contributed by atoms with Gasteiger partial charge >= 0.3 is 5.97 Å². The summed E-state index contributed by atoms with van der Waals surface area (Å²) < 4.78 is 5.20. The highest BCUT2D eigenvalue weighted by atomic mass is 16.5. The summed E-state index contributed by atoms with van der Waals surface area (Å²) in [4.78, 5) is 11.3. The molecule has 1 aliphatic carbocycles. The van der Waals surface area contributed by atoms with Crippen LogP contribution in [0.5, 0.6) is 5.75 Å². The zero-order valence-electron chi connectivity index (χ0n) is 10.8. The summed E-state index contributed by atoms with van der Waals surface area (Å²) in [5, 5.41) is 9.26. The molecular weight excluding hydrogens is 228 g/mol. The summed E-state index contributed by atoms with van der Waals surface area (Å²) >= 11 is 0. The van der Waals surface area contributed by atoms with Gasteiger partial charge in [0.15, 0.2) is 0 Å². The summed E-state index contributed by atoms with van der Waals surface area (Å²) in [5.41, 5.74) is 1.17. The number of ether oxygens (including phenoxy) is 1. The Morgan fingerprint density at radius 3 is 2.89 bits per heavy atom. The number of hydrogen-bond donors (Lipinski definition) is 1. The summed E-state index contributed by atoms with van der Waals surface area (Å²) in [7, 11) is 1.65. The molecule has 2 rings (SSSR count). The van der Waals surface area contributed by atoms with Gasteiger partial charge in [-0.1, -0.05) is 25.0 Å². The number of carboxylic acids is 1. The second-order valence-corrected chi connectivity index (χ2v) is 5.04. The molecule has 0 heterocycles. The Morgan fingerprint density at radius 2 is 2.17 bits per heavy atom. The van der Waals surface area contributed by atoms with Crippen LogP contribution in [0.2, 0.25) is 0 Å². The summed E-state index contributed by atoms with van der Waals surface area (Å²) in [6.07, 6.45) is 4.89. The fourth-order valence-corrected chi connectivity index (χ4v) is 2.88. The molecule has 3 nitrogen and oxygen atoms in total. The van der Waals surface area contributed by atoms with Crippen molar-refractivity contribution in [3.63, 3.8) is 0 Å². The maximum atomic E-state index is 11.3. The predicted octanol–water partition coefficient (Wildman–Crippen LogP) is 3.13. The molecule has 98 valence electrons. The average molecular weight is 248 g/mol. The van der Waals surface area contributed by atoms with Crippen molar-refractivity contribution < 1.29 is 14.6 Å². The lowest BCUT2D eigenvalue weighted by Crippen LogP contribution is -2.28. The van der Waals surface area contributed by atoms with E-state index in [4.69, 9.17) is 4.74 Å². The summed E-state index contributed by atoms with van der Waals surface area (Å²) in [6.45, 7) is 0. The Balaban J connectivity index is 2.08. The van der Waals surface area contributed by atoms with Crippen molar-refractivity contribution in [1.29, 1.82) is 0 Å². The van der Waals surface area contributed by atoms with E-state index in [0.29, 0.717) is 0 Å². The monoisotopic (exact) mass is 248 g/mol. The van der Waals surface area contributed by atoms with Crippen LogP contribution in [0.25, 0.3) is 0 Å². The molecule has 1 fully saturated rings. The first kappa shape index (κ1) is 12.9. The fraction of sp³-hybridized carbons (Fsp3) is 0.533. The van der Waals surface area contributed by atoms with Gasteiger partial charge in [-0.05, 0) is 42.9 Å². The van der Waals surface area contributed by atoms with Crippen molar-refractivity contribution in [2.75, 3.05) is 7.11 Å². The van der Waals surface area contributed by atoms with Crippen LogP contribution < -0.4 is 4.74 Å². The van der Waals surface area contributed by atoms with Crippen molar-refractivity contribution in [2.45, 2.75) is 32.1 Å². The molecule has 0 bridgehead atoms. The SMILES string of the molecule is COc1cccc(CC2CCCCC2C(=O)O)c1. The molecule has 18 heavy (non-hydrogen) atoms. The largest absolute Gasteiger partial charge is 0.497 e. The van der Waals surface area contributed by atoms with Crippen molar-refractivity contribution >= 4 is 5.97 Å². The Bertz CT molecular complexity index is 414. The predicted molar refractivity (Wildman–Crippen MR) is 69.8 cm³/mol. The van der Waals surface area contributed by atoms with E-state index in [9.17, 15) is 9.90 Å². The van der Waals surface area contributed by atoms with E-state index in [1.807, 2.05) is 18.2 Å². The minimum atomic E-state index is -0.636. The van der Waals surface area contributed by atoms with Crippen LogP contribution in [-0.4, -0.2) is 18.2 Å². The Hall–Kier alpha value is -1.51. The fourth-order valence-electron chi connectivity index (χ4n) is 2.88. The molecule has 0 saturated heterocycles. The normalized spacial score (nSPS) is 23.6. The van der Waals surface area contributed by atoms with Gasteiger partial charge in [-0.3, -0.25) is 4.79 Å². The van der Waals surface area contributed by atoms with Gasteiger partial charge in [0.25, 0.3) is 0 Å². The van der Waals surface area contributed by atoms with Gasteiger partial charge in [0.1, 0.15) is 5.75 Å². The zero-order chi connectivity index (χ0) is 13.0. The minimum absolute atomic E-state index is 0.176. The third-order valence-corrected chi connectivity index (χ3v) is 3.86. The number of benzene rings is 1. The number of carbonyl (C=O) groups is 1. The van der Waals surface area contributed by atoms with Crippen LogP contribution in [0.15, 0.2) is 24.3 Å². The molecule has 1 aromatic rings. The number of hydrogen-bond acceptors (Lipinski definition) is 2. The van der Waals surface area contributed by atoms with Gasteiger partial charge < -0.3 is 9.84 Å². The van der Waals surface area contributed by atoms with E-state index in [0.717, 1.165) is 37.9 Å². The van der Waals surface area contributed by atoms with Crippen LogP contribution >= 0.6 is 0 Å². The second-order valence-electron chi connectivity index (χ2n) is 5.04. The van der Waals surface area contributed by atoms with Crippen molar-refractivity contribution in [1.82, 2.24) is 0 Å². The topological polar surface area (TPSA) is 46.5 Å². The van der Waals surface area contributed by atoms with Gasteiger partial charge in [0.2, 0.25) is 0 Å². The highest BCUT2D eigenvalue weighted by molar-refractivity contribution is 5.70. The van der Waals surface area contributed by atoms with Gasteiger partial charge in [-0.2, -0.15) is 0 Å². The third-order valence-electron chi connectivity index (χ3n) is 3.86. The standard InChI is InChI=1S/C15H20O3/c1-18-13-7-4-5-11(10-13)9-12-6-2-3-8-14(12)15(16)17/h4-5,7,10,12,14H,2-3,6,8-9H2,1H3,(H,16,17). The lowest BCUT2D eigenvalue weighted by atomic mass is 9.76. The lowest BCUT2D eigenvalue weighted by molar-refractivity contribution is -0.144. The molecule has 1 saturated carbocycles. The molecule has 0 amide bonds. The van der Waals surface area contributed by atoms with Crippen LogP contribution in [0.3, 0.4) is 0 Å². The molecule has 0 radical (unpaired) electrons. The van der Waals surface area contributed by atoms with Gasteiger partial charge in [-0.25, -0.2) is 0 Å². The van der Waals surface area contributed by atoms with E-state index in [2.05, 4.69) is 6.07 Å². The lowest BCUT2D eigenvalue weighted by Gasteiger charge is -2.28. The first-order valence-electron chi connectivity index (χ1n) is 6.56. The quantitative estimate of drug-likeness (QED) is 0.890. The van der Waals surface area contributed by atoms with E-state index in [1.165, 1.54) is 5.56 Å². The van der Waals surface area contributed by atoms with E-state index >= 15 is 0 Å². The van der Waals surface area contributed by atoms with Crippen molar-refractivity contribution in [3.05, 3.63) is 29.8 Å². The highest BCUT2D eigenvalue weighted by Crippen LogP contribution is 2.33. The summed E-state index contributed by atoms with van der Waals surface area (Å²) in [5.74, 6) is 0.297. The first-order chi connectivity index (χ1) is 8.70. The van der Waals surface area contributed by atoms with Crippen molar-refractivity contribution in [2.24, 2.45) is 11.8 Å². The highest BCUT2D eigenvalue weighted by Gasteiger charge is 2.30. The van der Waals surface area contributed by atoms with E-state index in [1.54, 1.807) is 7.11 Å². The van der Waals surface area contributed by atoms with Crippen LogP contribution in [0.1, 0.15) is 31.2 Å². The molecule has 1 aromatic carbocycles. The summed E-state index contributed by atoms with van der Waals surface area (Å²) in [6, 6.07) is 7.94. The molecular formula is C15H20O3. The first-order valence-corrected chi connectivity index (χ1v) is 6.56. The maximum absolute atomic E-state index is 11.3. The average Bonchev–Trinajstić information content (AvgIpc) is 2.39. The number of carboxylic acid groups (broad SMARTS) is 1. The molecule has 1 N–H and O–H groups in total. The van der Waals surface area contributed by atoms with Crippen LogP contribution in [0, 0.1) is 11.8 Å². The van der Waals surface area contributed by atoms with Gasteiger partial charge in [-0.15, -0.1) is 0 Å². The molecule has 0 aromatic heterocycles. The maximum Gasteiger partial charge on any atom is 0.306 e. The third kappa shape index (κ3) is 3.03.